The van der Waals surface area contributed by atoms with Crippen LogP contribution in [0.2, 0.25) is 0 Å². The molecule has 0 amide bonds. The molecule has 0 spiro atoms. The lowest BCUT2D eigenvalue weighted by molar-refractivity contribution is 0.00578. The molecule has 0 atom stereocenters. The van der Waals surface area contributed by atoms with Crippen molar-refractivity contribution in [2.75, 3.05) is 0 Å². The van der Waals surface area contributed by atoms with E-state index in [4.69, 9.17) is 15.0 Å². The van der Waals surface area contributed by atoms with Crippen LogP contribution in [0.15, 0.2) is 36.7 Å². The van der Waals surface area contributed by atoms with Crippen LogP contribution in [0.1, 0.15) is 44.6 Å². The fourth-order valence-electron chi connectivity index (χ4n) is 3.52. The molecule has 166 valence electrons. The van der Waals surface area contributed by atoms with Crippen LogP contribution < -0.4 is 11.2 Å². The van der Waals surface area contributed by atoms with E-state index in [0.717, 1.165) is 22.4 Å². The van der Waals surface area contributed by atoms with Crippen molar-refractivity contribution in [1.29, 1.82) is 0 Å². The van der Waals surface area contributed by atoms with Gasteiger partial charge in [-0.05, 0) is 52.7 Å². The first-order valence-corrected chi connectivity index (χ1v) is 10.6. The molecule has 1 saturated heterocycles. The molecule has 3 aromatic rings. The van der Waals surface area contributed by atoms with Crippen LogP contribution in [0.4, 0.5) is 0 Å². The van der Waals surface area contributed by atoms with Crippen molar-refractivity contribution < 1.29 is 9.31 Å². The number of rotatable bonds is 3. The van der Waals surface area contributed by atoms with Gasteiger partial charge in [-0.25, -0.2) is 0 Å². The molecule has 0 aliphatic carbocycles. The number of benzene rings is 1. The van der Waals surface area contributed by atoms with Gasteiger partial charge in [-0.1, -0.05) is 24.3 Å². The van der Waals surface area contributed by atoms with E-state index in [9.17, 15) is 0 Å². The maximum atomic E-state index is 5.97. The van der Waals surface area contributed by atoms with Crippen LogP contribution in [-0.2, 0) is 29.9 Å². The minimum atomic E-state index is -0.307. The molecule has 0 radical (unpaired) electrons. The number of nitrogens with zero attached hydrogens (tertiary/aromatic N) is 4. The van der Waals surface area contributed by atoms with Crippen molar-refractivity contribution in [3.8, 4) is 11.1 Å². The summed E-state index contributed by atoms with van der Waals surface area (Å²) in [4.78, 5) is 0. The normalized spacial score (nSPS) is 16.9. The fourth-order valence-corrected chi connectivity index (χ4v) is 3.52. The van der Waals surface area contributed by atoms with Gasteiger partial charge in [0.1, 0.15) is 0 Å². The molecule has 4 rings (SSSR count). The van der Waals surface area contributed by atoms with Gasteiger partial charge in [0.2, 0.25) is 0 Å². The van der Waals surface area contributed by atoms with Crippen LogP contribution in [0.25, 0.3) is 11.1 Å². The zero-order chi connectivity index (χ0) is 23.0. The zero-order valence-corrected chi connectivity index (χ0v) is 19.9. The van der Waals surface area contributed by atoms with Gasteiger partial charge in [0.15, 0.2) is 0 Å². The quantitative estimate of drug-likeness (QED) is 0.656. The predicted molar refractivity (Wildman–Crippen MR) is 125 cm³/mol. The monoisotopic (exact) mass is 423 g/mol. The van der Waals surface area contributed by atoms with Crippen molar-refractivity contribution in [2.24, 2.45) is 19.8 Å². The summed E-state index contributed by atoms with van der Waals surface area (Å²) >= 11 is 0. The van der Waals surface area contributed by atoms with E-state index in [-0.39, 0.29) is 18.3 Å². The molecule has 8 heteroatoms. The molecule has 3 heterocycles. The number of hydrogen-bond acceptors (Lipinski definition) is 5. The number of nitrogens with two attached hydrogens (primary N) is 1. The third-order valence-corrected chi connectivity index (χ3v) is 6.07. The molecule has 1 fully saturated rings. The van der Waals surface area contributed by atoms with Crippen molar-refractivity contribution in [2.45, 2.75) is 59.3 Å². The molecule has 1 aliphatic heterocycles. The smallest absolute Gasteiger partial charge is 0.399 e. The molecule has 2 N–H and O–H groups in total. The largest absolute Gasteiger partial charge is 0.498 e. The molecule has 0 unspecified atom stereocenters. The Morgan fingerprint density at radius 2 is 1.39 bits per heavy atom. The summed E-state index contributed by atoms with van der Waals surface area (Å²) in [6.07, 6.45) is 3.99. The highest BCUT2D eigenvalue weighted by Crippen LogP contribution is 2.36. The van der Waals surface area contributed by atoms with Gasteiger partial charge in [0.25, 0.3) is 0 Å². The molecule has 31 heavy (non-hydrogen) atoms. The predicted octanol–water partition coefficient (Wildman–Crippen LogP) is 2.88. The van der Waals surface area contributed by atoms with Crippen LogP contribution in [0.5, 0.6) is 0 Å². The molecule has 7 nitrogen and oxygen atoms in total. The Labute approximate surface area is 185 Å². The molecule has 1 aliphatic rings. The summed E-state index contributed by atoms with van der Waals surface area (Å²) in [6, 6.07) is 8.29. The molecular formula is C23H34BN5O2. The summed E-state index contributed by atoms with van der Waals surface area (Å²) in [5.74, 6) is 0. The van der Waals surface area contributed by atoms with Crippen molar-refractivity contribution in [3.63, 3.8) is 0 Å². The lowest BCUT2D eigenvalue weighted by Gasteiger charge is -2.32. The maximum absolute atomic E-state index is 5.97. The first-order valence-electron chi connectivity index (χ1n) is 10.6. The summed E-state index contributed by atoms with van der Waals surface area (Å²) in [5, 5.41) is 8.63. The zero-order valence-electron chi connectivity index (χ0n) is 19.9. The van der Waals surface area contributed by atoms with E-state index >= 15 is 0 Å². The van der Waals surface area contributed by atoms with Gasteiger partial charge in [-0.15, -0.1) is 0 Å². The van der Waals surface area contributed by atoms with Crippen molar-refractivity contribution in [3.05, 3.63) is 53.6 Å². The first kappa shape index (κ1) is 23.3. The van der Waals surface area contributed by atoms with Gasteiger partial charge in [0.05, 0.1) is 22.6 Å². The van der Waals surface area contributed by atoms with Crippen LogP contribution in [0, 0.1) is 13.8 Å². The minimum Gasteiger partial charge on any atom is -0.399 e. The second-order valence-corrected chi connectivity index (χ2v) is 9.13. The third kappa shape index (κ3) is 4.92. The molecule has 2 aromatic heterocycles. The number of aryl methyl sites for hydroxylation is 4. The highest BCUT2D eigenvalue weighted by atomic mass is 16.7. The van der Waals surface area contributed by atoms with Gasteiger partial charge < -0.3 is 15.0 Å². The highest BCUT2D eigenvalue weighted by Gasteiger charge is 2.52. The Balaban J connectivity index is 0.000000176. The Morgan fingerprint density at radius 1 is 0.871 bits per heavy atom. The SMILES string of the molecule is Cc1nn(C)cc1-c1ccc(CN)cc1.Cc1nn(C)cc1B1OC(C)(C)C(C)(C)O1. The van der Waals surface area contributed by atoms with Gasteiger partial charge in [0, 0.05) is 44.1 Å². The second-order valence-electron chi connectivity index (χ2n) is 9.13. The number of hydrogen-bond donors (Lipinski definition) is 1. The van der Waals surface area contributed by atoms with E-state index in [1.165, 1.54) is 11.1 Å². The topological polar surface area (TPSA) is 80.1 Å². The number of aromatic nitrogens is 4. The van der Waals surface area contributed by atoms with Crippen LogP contribution in [0.3, 0.4) is 0 Å². The summed E-state index contributed by atoms with van der Waals surface area (Å²) < 4.78 is 15.6. The van der Waals surface area contributed by atoms with E-state index in [0.29, 0.717) is 6.54 Å². The average molecular weight is 423 g/mol. The van der Waals surface area contributed by atoms with Gasteiger partial charge >= 0.3 is 7.12 Å². The maximum Gasteiger partial charge on any atom is 0.498 e. The molecule has 1 aromatic carbocycles. The Morgan fingerprint density at radius 3 is 1.81 bits per heavy atom. The Bertz CT molecular complexity index is 1020. The molecular weight excluding hydrogens is 389 g/mol. The summed E-state index contributed by atoms with van der Waals surface area (Å²) in [7, 11) is 3.53. The fraction of sp³-hybridized carbons (Fsp3) is 0.478. The lowest BCUT2D eigenvalue weighted by Crippen LogP contribution is -2.41. The van der Waals surface area contributed by atoms with E-state index in [1.807, 2.05) is 45.0 Å². The van der Waals surface area contributed by atoms with Gasteiger partial charge in [-0.2, -0.15) is 10.2 Å². The molecule has 0 bridgehead atoms. The lowest BCUT2D eigenvalue weighted by atomic mass is 9.79. The van der Waals surface area contributed by atoms with E-state index < -0.39 is 0 Å². The van der Waals surface area contributed by atoms with Gasteiger partial charge in [-0.3, -0.25) is 9.36 Å². The van der Waals surface area contributed by atoms with Crippen molar-refractivity contribution >= 4 is 12.6 Å². The first-order chi connectivity index (χ1) is 14.4. The minimum absolute atomic E-state index is 0.292. The van der Waals surface area contributed by atoms with Crippen molar-refractivity contribution in [1.82, 2.24) is 19.6 Å². The Hall–Kier alpha value is -2.42. The average Bonchev–Trinajstić information content (AvgIpc) is 3.27. The summed E-state index contributed by atoms with van der Waals surface area (Å²) in [6.45, 7) is 12.8. The van der Waals surface area contributed by atoms with Crippen LogP contribution >= 0.6 is 0 Å². The summed E-state index contributed by atoms with van der Waals surface area (Å²) in [5.41, 5.74) is 11.5. The Kier molecular flexibility index (Phi) is 6.46. The molecule has 0 saturated carbocycles. The standard InChI is InChI=1S/C12H15N3.C11H19BN2O2/c1-9-12(8-15(2)14-9)11-5-3-10(7-13)4-6-11;1-8-9(7-14(6)13-8)12-15-10(2,3)11(4,5)16-12/h3-6,8H,7,13H2,1-2H3;7H,1-6H3. The van der Waals surface area contributed by atoms with E-state index in [1.54, 1.807) is 4.68 Å². The third-order valence-electron chi connectivity index (χ3n) is 6.07. The van der Waals surface area contributed by atoms with E-state index in [2.05, 4.69) is 62.2 Å². The second kappa shape index (κ2) is 8.61. The van der Waals surface area contributed by atoms with Crippen LogP contribution in [-0.4, -0.2) is 37.9 Å². The highest BCUT2D eigenvalue weighted by molar-refractivity contribution is 6.62.